The molecule has 5 nitrogen and oxygen atoms in total. The Hall–Kier alpha value is -0.920. The van der Waals surface area contributed by atoms with Gasteiger partial charge in [-0.3, -0.25) is 8.98 Å². The maximum absolute atomic E-state index is 11.7. The molecule has 7 heteroatoms. The van der Waals surface area contributed by atoms with Crippen LogP contribution >= 0.6 is 11.3 Å². The van der Waals surface area contributed by atoms with Crippen molar-refractivity contribution in [1.82, 2.24) is 0 Å². The molecular weight excluding hydrogens is 250 g/mol. The van der Waals surface area contributed by atoms with Crippen molar-refractivity contribution >= 4 is 27.4 Å². The first-order chi connectivity index (χ1) is 7.34. The van der Waals surface area contributed by atoms with Gasteiger partial charge < -0.3 is 5.73 Å². The highest BCUT2D eigenvalue weighted by molar-refractivity contribution is 7.87. The van der Waals surface area contributed by atoms with Crippen LogP contribution in [0, 0.1) is 5.92 Å². The molecule has 0 radical (unpaired) electrons. The minimum atomic E-state index is -3.88. The third-order valence-electron chi connectivity index (χ3n) is 1.68. The van der Waals surface area contributed by atoms with Crippen LogP contribution < -0.4 is 5.73 Å². The van der Waals surface area contributed by atoms with Gasteiger partial charge in [-0.05, 0) is 17.4 Å². The number of rotatable bonds is 5. The van der Waals surface area contributed by atoms with Gasteiger partial charge in [-0.15, -0.1) is 11.3 Å². The lowest BCUT2D eigenvalue weighted by Crippen LogP contribution is -2.16. The monoisotopic (exact) mass is 263 g/mol. The van der Waals surface area contributed by atoms with Gasteiger partial charge in [0.05, 0.1) is 6.61 Å². The van der Waals surface area contributed by atoms with Crippen molar-refractivity contribution in [2.45, 2.75) is 18.7 Å². The maximum atomic E-state index is 11.7. The van der Waals surface area contributed by atoms with E-state index in [-0.39, 0.29) is 22.3 Å². The van der Waals surface area contributed by atoms with Crippen LogP contribution in [0.25, 0.3) is 0 Å². The van der Waals surface area contributed by atoms with Gasteiger partial charge in [0.25, 0.3) is 16.0 Å². The van der Waals surface area contributed by atoms with Gasteiger partial charge in [-0.1, -0.05) is 13.8 Å². The van der Waals surface area contributed by atoms with E-state index >= 15 is 0 Å². The Morgan fingerprint density at radius 2 is 2.19 bits per heavy atom. The Bertz CT molecular complexity index is 475. The van der Waals surface area contributed by atoms with Crippen LogP contribution in [0.3, 0.4) is 0 Å². The van der Waals surface area contributed by atoms with Crippen LogP contribution in [0.2, 0.25) is 0 Å². The lowest BCUT2D eigenvalue weighted by atomic mass is 10.2. The van der Waals surface area contributed by atoms with Gasteiger partial charge in [0.15, 0.2) is 0 Å². The number of hydrogen-bond donors (Lipinski definition) is 1. The largest absolute Gasteiger partial charge is 0.365 e. The summed E-state index contributed by atoms with van der Waals surface area (Å²) in [4.78, 5) is 10.8. The summed E-state index contributed by atoms with van der Waals surface area (Å²) < 4.78 is 28.2. The summed E-state index contributed by atoms with van der Waals surface area (Å²) in [5.41, 5.74) is 5.06. The Morgan fingerprint density at radius 1 is 1.56 bits per heavy atom. The molecular formula is C9H13NO4S2. The molecule has 0 atom stereocenters. The molecule has 1 aromatic rings. The van der Waals surface area contributed by atoms with Crippen LogP contribution in [0.15, 0.2) is 16.3 Å². The Morgan fingerprint density at radius 3 is 2.69 bits per heavy atom. The molecule has 0 unspecified atom stereocenters. The fourth-order valence-electron chi connectivity index (χ4n) is 0.963. The highest BCUT2D eigenvalue weighted by Crippen LogP contribution is 2.23. The second kappa shape index (κ2) is 4.94. The highest BCUT2D eigenvalue weighted by atomic mass is 32.2. The fourth-order valence-corrected chi connectivity index (χ4v) is 3.28. The fraction of sp³-hybridized carbons (Fsp3) is 0.444. The standard InChI is InChI=1S/C9H13NO4S2/c1-6(2)5-14-16(12,13)7-3-4-15-8(7)9(10)11/h3-4,6H,5H2,1-2H3,(H2,10,11). The molecule has 0 bridgehead atoms. The average Bonchev–Trinajstić information content (AvgIpc) is 2.63. The summed E-state index contributed by atoms with van der Waals surface area (Å²) in [6.45, 7) is 3.74. The summed E-state index contributed by atoms with van der Waals surface area (Å²) >= 11 is 0.985. The maximum Gasteiger partial charge on any atom is 0.298 e. The van der Waals surface area contributed by atoms with Crippen LogP contribution in [0.5, 0.6) is 0 Å². The number of nitrogens with two attached hydrogens (primary N) is 1. The molecule has 1 heterocycles. The van der Waals surface area contributed by atoms with Gasteiger partial charge in [0.2, 0.25) is 0 Å². The van der Waals surface area contributed by atoms with Crippen molar-refractivity contribution in [2.75, 3.05) is 6.61 Å². The van der Waals surface area contributed by atoms with E-state index in [1.165, 1.54) is 11.4 Å². The van der Waals surface area contributed by atoms with E-state index in [0.29, 0.717) is 0 Å². The van der Waals surface area contributed by atoms with E-state index in [4.69, 9.17) is 9.92 Å². The lowest BCUT2D eigenvalue weighted by Gasteiger charge is -2.07. The second-order valence-electron chi connectivity index (χ2n) is 3.61. The quantitative estimate of drug-likeness (QED) is 0.809. The number of primary amides is 1. The van der Waals surface area contributed by atoms with Crippen LogP contribution in [-0.2, 0) is 14.3 Å². The summed E-state index contributed by atoms with van der Waals surface area (Å²) in [7, 11) is -3.88. The van der Waals surface area contributed by atoms with E-state index < -0.39 is 16.0 Å². The van der Waals surface area contributed by atoms with Crippen molar-refractivity contribution in [3.63, 3.8) is 0 Å². The Kier molecular flexibility index (Phi) is 4.06. The molecule has 1 rings (SSSR count). The zero-order valence-corrected chi connectivity index (χ0v) is 10.6. The highest BCUT2D eigenvalue weighted by Gasteiger charge is 2.23. The summed E-state index contributed by atoms with van der Waals surface area (Å²) in [5.74, 6) is -0.674. The molecule has 0 spiro atoms. The third-order valence-corrected chi connectivity index (χ3v) is 4.06. The molecule has 2 N–H and O–H groups in total. The van der Waals surface area contributed by atoms with Crippen molar-refractivity contribution in [1.29, 1.82) is 0 Å². The van der Waals surface area contributed by atoms with Crippen molar-refractivity contribution < 1.29 is 17.4 Å². The van der Waals surface area contributed by atoms with E-state index in [1.807, 2.05) is 13.8 Å². The van der Waals surface area contributed by atoms with Crippen LogP contribution in [0.4, 0.5) is 0 Å². The van der Waals surface area contributed by atoms with Gasteiger partial charge in [0, 0.05) is 0 Å². The van der Waals surface area contributed by atoms with Gasteiger partial charge in [0.1, 0.15) is 9.77 Å². The number of hydrogen-bond acceptors (Lipinski definition) is 5. The van der Waals surface area contributed by atoms with Crippen molar-refractivity contribution in [3.8, 4) is 0 Å². The normalized spacial score (nSPS) is 11.9. The first-order valence-electron chi connectivity index (χ1n) is 4.61. The van der Waals surface area contributed by atoms with Crippen molar-refractivity contribution in [2.24, 2.45) is 11.7 Å². The molecule has 0 fully saturated rings. The number of carbonyl (C=O) groups excluding carboxylic acids is 1. The Labute approximate surface area is 98.3 Å². The van der Waals surface area contributed by atoms with Gasteiger partial charge in [-0.25, -0.2) is 0 Å². The van der Waals surface area contributed by atoms with Crippen LogP contribution in [0.1, 0.15) is 23.5 Å². The number of amides is 1. The molecule has 1 aromatic heterocycles. The molecule has 0 saturated carbocycles. The predicted molar refractivity (Wildman–Crippen MR) is 60.8 cm³/mol. The van der Waals surface area contributed by atoms with E-state index in [2.05, 4.69) is 0 Å². The molecule has 16 heavy (non-hydrogen) atoms. The van der Waals surface area contributed by atoms with E-state index in [9.17, 15) is 13.2 Å². The molecule has 0 aliphatic carbocycles. The predicted octanol–water partition coefficient (Wildman–Crippen LogP) is 1.21. The Balaban J connectivity index is 2.99. The molecule has 0 saturated heterocycles. The smallest absolute Gasteiger partial charge is 0.298 e. The SMILES string of the molecule is CC(C)COS(=O)(=O)c1ccsc1C(N)=O. The molecule has 1 amide bonds. The number of thiophene rings is 1. The second-order valence-corrected chi connectivity index (χ2v) is 6.11. The van der Waals surface area contributed by atoms with Crippen molar-refractivity contribution in [3.05, 3.63) is 16.3 Å². The first kappa shape index (κ1) is 13.1. The lowest BCUT2D eigenvalue weighted by molar-refractivity contribution is 0.100. The molecule has 90 valence electrons. The minimum Gasteiger partial charge on any atom is -0.365 e. The van der Waals surface area contributed by atoms with Gasteiger partial charge >= 0.3 is 0 Å². The average molecular weight is 263 g/mol. The summed E-state index contributed by atoms with van der Waals surface area (Å²) in [5, 5.41) is 1.49. The molecule has 0 aliphatic heterocycles. The summed E-state index contributed by atoms with van der Waals surface area (Å²) in [6, 6.07) is 1.32. The molecule has 0 aliphatic rings. The third kappa shape index (κ3) is 3.03. The zero-order valence-electron chi connectivity index (χ0n) is 8.97. The van der Waals surface area contributed by atoms with E-state index in [1.54, 1.807) is 0 Å². The van der Waals surface area contributed by atoms with E-state index in [0.717, 1.165) is 11.3 Å². The van der Waals surface area contributed by atoms with Crippen LogP contribution in [-0.4, -0.2) is 20.9 Å². The number of carbonyl (C=O) groups is 1. The zero-order chi connectivity index (χ0) is 12.3. The minimum absolute atomic E-state index is 0.00348. The van der Waals surface area contributed by atoms with Gasteiger partial charge in [-0.2, -0.15) is 8.42 Å². The summed E-state index contributed by atoms with van der Waals surface area (Å²) in [6.07, 6.45) is 0. The first-order valence-corrected chi connectivity index (χ1v) is 6.90. The molecule has 0 aromatic carbocycles. The topological polar surface area (TPSA) is 86.5 Å².